The maximum atomic E-state index is 12.6. The Balaban J connectivity index is 1.39. The zero-order chi connectivity index (χ0) is 20.2. The van der Waals surface area contributed by atoms with E-state index in [-0.39, 0.29) is 12.5 Å². The summed E-state index contributed by atoms with van der Waals surface area (Å²) in [6, 6.07) is 11.5. The van der Waals surface area contributed by atoms with Gasteiger partial charge in [0.05, 0.1) is 22.9 Å². The number of aromatic nitrogens is 3. The van der Waals surface area contributed by atoms with Crippen LogP contribution in [0.4, 0.5) is 5.82 Å². The minimum Gasteiger partial charge on any atom is -0.451 e. The number of esters is 1. The van der Waals surface area contributed by atoms with E-state index in [1.165, 1.54) is 24.2 Å². The lowest BCUT2D eigenvalue weighted by Crippen LogP contribution is -2.23. The number of hydrogen-bond donors (Lipinski definition) is 1. The average Bonchev–Trinajstić information content (AvgIpc) is 3.47. The topological polar surface area (TPSA) is 86.1 Å². The molecule has 1 saturated carbocycles. The molecular formula is C21H22N4O3S. The van der Waals surface area contributed by atoms with Gasteiger partial charge >= 0.3 is 5.97 Å². The Morgan fingerprint density at radius 1 is 1.21 bits per heavy atom. The van der Waals surface area contributed by atoms with E-state index < -0.39 is 5.97 Å². The molecule has 2 aromatic heterocycles. The molecule has 1 fully saturated rings. The number of rotatable bonds is 6. The summed E-state index contributed by atoms with van der Waals surface area (Å²) >= 11 is 1.26. The highest BCUT2D eigenvalue weighted by Gasteiger charge is 2.22. The van der Waals surface area contributed by atoms with Crippen LogP contribution in [0, 0.1) is 6.92 Å². The van der Waals surface area contributed by atoms with E-state index in [9.17, 15) is 9.59 Å². The fourth-order valence-corrected chi connectivity index (χ4v) is 4.42. The Labute approximate surface area is 172 Å². The summed E-state index contributed by atoms with van der Waals surface area (Å²) in [5.74, 6) is -0.300. The van der Waals surface area contributed by atoms with Crippen molar-refractivity contribution >= 4 is 29.0 Å². The molecule has 1 amide bonds. The number of thiazole rings is 1. The maximum Gasteiger partial charge on any atom is 0.351 e. The molecule has 29 heavy (non-hydrogen) atoms. The second-order valence-electron chi connectivity index (χ2n) is 7.00. The van der Waals surface area contributed by atoms with Crippen LogP contribution in [0.1, 0.15) is 46.4 Å². The van der Waals surface area contributed by atoms with Crippen molar-refractivity contribution in [3.8, 4) is 11.3 Å². The fourth-order valence-electron chi connectivity index (χ4n) is 3.59. The third kappa shape index (κ3) is 4.37. The van der Waals surface area contributed by atoms with E-state index in [1.807, 2.05) is 41.9 Å². The van der Waals surface area contributed by atoms with Crippen LogP contribution in [0.25, 0.3) is 11.3 Å². The summed E-state index contributed by atoms with van der Waals surface area (Å²) in [6.07, 6.45) is 6.15. The molecule has 0 bridgehead atoms. The van der Waals surface area contributed by atoms with E-state index in [1.54, 1.807) is 12.3 Å². The van der Waals surface area contributed by atoms with Crippen LogP contribution >= 0.6 is 11.3 Å². The number of ether oxygens (including phenoxy) is 1. The molecule has 8 heteroatoms. The van der Waals surface area contributed by atoms with Crippen LogP contribution in [-0.4, -0.2) is 33.2 Å². The monoisotopic (exact) mass is 410 g/mol. The Hall–Kier alpha value is -3.00. The molecule has 1 aromatic carbocycles. The maximum absolute atomic E-state index is 12.6. The normalized spacial score (nSPS) is 14.1. The van der Waals surface area contributed by atoms with Crippen molar-refractivity contribution in [3.05, 3.63) is 52.5 Å². The van der Waals surface area contributed by atoms with Gasteiger partial charge in [-0.05, 0) is 19.8 Å². The zero-order valence-corrected chi connectivity index (χ0v) is 16.9. The van der Waals surface area contributed by atoms with Gasteiger partial charge in [-0.1, -0.05) is 43.2 Å². The van der Waals surface area contributed by atoms with Crippen LogP contribution in [0.2, 0.25) is 0 Å². The smallest absolute Gasteiger partial charge is 0.351 e. The molecule has 3 aromatic rings. The fraction of sp³-hybridized carbons (Fsp3) is 0.333. The molecule has 4 rings (SSSR count). The van der Waals surface area contributed by atoms with Crippen LogP contribution in [-0.2, 0) is 9.53 Å². The summed E-state index contributed by atoms with van der Waals surface area (Å²) in [5.41, 5.74) is 1.42. The van der Waals surface area contributed by atoms with Crippen molar-refractivity contribution in [2.75, 3.05) is 11.9 Å². The van der Waals surface area contributed by atoms with Gasteiger partial charge in [0.15, 0.2) is 6.61 Å². The third-order valence-corrected chi connectivity index (χ3v) is 5.86. The first-order valence-electron chi connectivity index (χ1n) is 9.65. The Morgan fingerprint density at radius 2 is 1.97 bits per heavy atom. The highest BCUT2D eigenvalue weighted by Crippen LogP contribution is 2.31. The summed E-state index contributed by atoms with van der Waals surface area (Å²) in [7, 11) is 0. The second-order valence-corrected chi connectivity index (χ2v) is 8.20. The molecule has 0 radical (unpaired) electrons. The molecular weight excluding hydrogens is 388 g/mol. The van der Waals surface area contributed by atoms with Crippen LogP contribution in [0.5, 0.6) is 0 Å². The van der Waals surface area contributed by atoms with Gasteiger partial charge in [0.25, 0.3) is 5.91 Å². The van der Waals surface area contributed by atoms with Crippen molar-refractivity contribution in [2.24, 2.45) is 0 Å². The lowest BCUT2D eigenvalue weighted by atomic mass is 10.1. The average molecular weight is 410 g/mol. The molecule has 150 valence electrons. The number of anilines is 1. The molecule has 0 atom stereocenters. The van der Waals surface area contributed by atoms with E-state index in [0.29, 0.717) is 22.4 Å². The van der Waals surface area contributed by atoms with E-state index in [0.717, 1.165) is 23.4 Å². The van der Waals surface area contributed by atoms with E-state index in [2.05, 4.69) is 15.4 Å². The molecule has 1 aliphatic rings. The van der Waals surface area contributed by atoms with Crippen molar-refractivity contribution in [1.29, 1.82) is 0 Å². The molecule has 7 nitrogen and oxygen atoms in total. The van der Waals surface area contributed by atoms with Crippen LogP contribution < -0.4 is 5.32 Å². The first-order valence-corrected chi connectivity index (χ1v) is 10.5. The largest absolute Gasteiger partial charge is 0.451 e. The predicted molar refractivity (Wildman–Crippen MR) is 111 cm³/mol. The van der Waals surface area contributed by atoms with Crippen molar-refractivity contribution in [1.82, 2.24) is 14.8 Å². The molecule has 0 aliphatic heterocycles. The Bertz CT molecular complexity index is 1010. The molecule has 0 saturated heterocycles. The molecule has 2 heterocycles. The predicted octanol–water partition coefficient (Wildman–Crippen LogP) is 4.23. The van der Waals surface area contributed by atoms with Crippen molar-refractivity contribution in [2.45, 2.75) is 38.6 Å². The number of hydrogen-bond acceptors (Lipinski definition) is 6. The quantitative estimate of drug-likeness (QED) is 0.615. The van der Waals surface area contributed by atoms with Gasteiger partial charge in [-0.3, -0.25) is 4.79 Å². The number of nitrogens with one attached hydrogen (secondary N) is 1. The summed E-state index contributed by atoms with van der Waals surface area (Å²) in [6.45, 7) is 1.48. The molecule has 1 aliphatic carbocycles. The van der Waals surface area contributed by atoms with Gasteiger partial charge in [0.1, 0.15) is 10.7 Å². The number of nitrogens with zero attached hydrogens (tertiary/aromatic N) is 3. The number of carbonyl (C=O) groups excluding carboxylic acids is 2. The molecule has 0 unspecified atom stereocenters. The summed E-state index contributed by atoms with van der Waals surface area (Å²) in [5, 5.41) is 7.89. The SMILES string of the molecule is Cc1nc(-c2ccccc2)c(C(=O)OCC(=O)Nc2ccnn2C2CCCC2)s1. The number of benzene rings is 1. The first-order chi connectivity index (χ1) is 14.1. The van der Waals surface area contributed by atoms with Gasteiger partial charge in [-0.15, -0.1) is 11.3 Å². The van der Waals surface area contributed by atoms with Gasteiger partial charge < -0.3 is 10.1 Å². The third-order valence-electron chi connectivity index (χ3n) is 4.91. The van der Waals surface area contributed by atoms with E-state index >= 15 is 0 Å². The summed E-state index contributed by atoms with van der Waals surface area (Å²) < 4.78 is 7.12. The van der Waals surface area contributed by atoms with Crippen molar-refractivity contribution in [3.63, 3.8) is 0 Å². The van der Waals surface area contributed by atoms with Crippen molar-refractivity contribution < 1.29 is 14.3 Å². The van der Waals surface area contributed by atoms with Gasteiger partial charge in [-0.25, -0.2) is 14.5 Å². The molecule has 1 N–H and O–H groups in total. The lowest BCUT2D eigenvalue weighted by molar-refractivity contribution is -0.119. The van der Waals surface area contributed by atoms with Gasteiger partial charge in [-0.2, -0.15) is 5.10 Å². The minimum absolute atomic E-state index is 0.316. The van der Waals surface area contributed by atoms with Gasteiger partial charge in [0.2, 0.25) is 0 Å². The first kappa shape index (κ1) is 19.3. The zero-order valence-electron chi connectivity index (χ0n) is 16.1. The molecule has 0 spiro atoms. The van der Waals surface area contributed by atoms with Crippen LogP contribution in [0.15, 0.2) is 42.6 Å². The standard InChI is InChI=1S/C21H22N4O3S/c1-14-23-19(15-7-3-2-4-8-15)20(29-14)21(27)28-13-18(26)24-17-11-12-22-25(17)16-9-5-6-10-16/h2-4,7-8,11-12,16H,5-6,9-10,13H2,1H3,(H,24,26). The lowest BCUT2D eigenvalue weighted by Gasteiger charge is -2.14. The minimum atomic E-state index is -0.547. The number of carbonyl (C=O) groups is 2. The highest BCUT2D eigenvalue weighted by molar-refractivity contribution is 7.14. The van der Waals surface area contributed by atoms with Gasteiger partial charge in [0, 0.05) is 11.6 Å². The Morgan fingerprint density at radius 3 is 2.72 bits per heavy atom. The van der Waals surface area contributed by atoms with Crippen LogP contribution in [0.3, 0.4) is 0 Å². The number of amides is 1. The number of aryl methyl sites for hydroxylation is 1. The highest BCUT2D eigenvalue weighted by atomic mass is 32.1. The second kappa shape index (κ2) is 8.57. The Kier molecular flexibility index (Phi) is 5.71. The summed E-state index contributed by atoms with van der Waals surface area (Å²) in [4.78, 5) is 29.8. The van der Waals surface area contributed by atoms with E-state index in [4.69, 9.17) is 4.74 Å².